The van der Waals surface area contributed by atoms with Crippen LogP contribution >= 0.6 is 51.2 Å². The van der Waals surface area contributed by atoms with Crippen LogP contribution in [0.25, 0.3) is 22.1 Å². The highest BCUT2D eigenvalue weighted by Gasteiger charge is 2.33. The van der Waals surface area contributed by atoms with Crippen molar-refractivity contribution in [2.75, 3.05) is 90.0 Å². The number of hydrogen-bond acceptors (Lipinski definition) is 20. The van der Waals surface area contributed by atoms with Crippen molar-refractivity contribution in [1.29, 1.82) is 0 Å². The van der Waals surface area contributed by atoms with Crippen molar-refractivity contribution in [3.63, 3.8) is 0 Å². The predicted molar refractivity (Wildman–Crippen MR) is 524 cm³/mol. The van der Waals surface area contributed by atoms with E-state index >= 15 is 0 Å². The van der Waals surface area contributed by atoms with Crippen molar-refractivity contribution < 1.29 is 27.1 Å². The van der Waals surface area contributed by atoms with Gasteiger partial charge in [0, 0.05) is 18.6 Å². The Hall–Kier alpha value is -0.160. The Morgan fingerprint density at radius 3 is 1.27 bits per heavy atom. The minimum Gasteiger partial charge on any atom is -0.322 e. The van der Waals surface area contributed by atoms with Crippen LogP contribution in [0.2, 0.25) is 0 Å². The summed E-state index contributed by atoms with van der Waals surface area (Å²) in [7, 11) is 0. The number of aromatic nitrogens is 6. The highest BCUT2D eigenvalue weighted by atomic mass is 32.9. The number of fused-ring (bicyclic) bond motifs is 2. The van der Waals surface area contributed by atoms with E-state index in [4.69, 9.17) is 67.8 Å². The second-order valence-corrected chi connectivity index (χ2v) is 52.2. The van der Waals surface area contributed by atoms with Gasteiger partial charge in [-0.2, -0.15) is 0 Å². The Kier molecular flexibility index (Phi) is 68.2. The normalized spacial score (nSPS) is 13.5. The molecule has 4 aromatic rings. The summed E-state index contributed by atoms with van der Waals surface area (Å²) in [6.45, 7) is 39.9. The zero-order valence-corrected chi connectivity index (χ0v) is 84.1. The molecule has 116 heavy (non-hydrogen) atoms. The van der Waals surface area contributed by atoms with Gasteiger partial charge in [-0.3, -0.25) is 14.7 Å². The Labute approximate surface area is 740 Å². The number of benzene rings is 2. The Morgan fingerprint density at radius 2 is 0.784 bits per heavy atom. The zero-order valence-electron chi connectivity index (χ0n) is 76.5. The van der Waals surface area contributed by atoms with Gasteiger partial charge in [0.2, 0.25) is 17.1 Å². The minimum absolute atomic E-state index is 0.0490. The van der Waals surface area contributed by atoms with Crippen LogP contribution < -0.4 is 5.32 Å². The third-order valence-electron chi connectivity index (χ3n) is 22.4. The van der Waals surface area contributed by atoms with E-state index in [2.05, 4.69) is 154 Å². The molecule has 2 heterocycles. The highest BCUT2D eigenvalue weighted by molar-refractivity contribution is 8.68. The van der Waals surface area contributed by atoms with Crippen LogP contribution in [-0.2, 0) is 82.3 Å². The van der Waals surface area contributed by atoms with Gasteiger partial charge in [-0.1, -0.05) is 364 Å². The zero-order chi connectivity index (χ0) is 84.3. The van der Waals surface area contributed by atoms with Crippen LogP contribution in [0.3, 0.4) is 0 Å². The Bertz CT molecular complexity index is 3060. The minimum atomic E-state index is -2.59. The molecule has 0 fully saturated rings. The van der Waals surface area contributed by atoms with E-state index in [1.54, 1.807) is 34.1 Å². The lowest BCUT2D eigenvalue weighted by molar-refractivity contribution is 0.0930. The van der Waals surface area contributed by atoms with Crippen LogP contribution in [0, 0.1) is 11.8 Å². The lowest BCUT2D eigenvalue weighted by Gasteiger charge is -2.39. The highest BCUT2D eigenvalue weighted by Crippen LogP contribution is 2.64. The third-order valence-corrected chi connectivity index (χ3v) is 38.2. The van der Waals surface area contributed by atoms with Crippen molar-refractivity contribution in [2.24, 2.45) is 11.8 Å². The maximum absolute atomic E-state index is 6.79. The standard InChI is InChI=1S/C49H96N6O4P2S4.C42H79N4O2PS2/c1-6-11-16-17-18-19-20-21-22-23-24-25-26-27-28-31-38-53(46-64-60(62,56-41-12-7-2)57-42-13-8-3)39-32-36-50-37-33-40-54(45-55-49-35-30-29-34-48(49)51-52-55)47-65-61(63,58-43-14-9-4)59-44-15-10-5;1-9-15-19-20-21-22-23-25-31-42(7,8)45(35-46-41-32-39(27-18-12-4)29-30-40(41)43-44-46)36-51-49(50,47-33-37(13-5)26-17-11-3)48-34-38(14-6)28-24-16-10-2/h29-30,34-35,50H,6-28,31-33,36-47H2,1-5H3;29-30,32,37-38H,9-28,31,33-36H2,1-8H3. The summed E-state index contributed by atoms with van der Waals surface area (Å²) in [6, 6.07) is 14.8. The summed E-state index contributed by atoms with van der Waals surface area (Å²) in [6.07, 6.45) is 58.9. The van der Waals surface area contributed by atoms with Gasteiger partial charge >= 0.3 is 0 Å². The van der Waals surface area contributed by atoms with Crippen molar-refractivity contribution in [3.8, 4) is 0 Å². The lowest BCUT2D eigenvalue weighted by atomic mass is 9.94. The van der Waals surface area contributed by atoms with Crippen molar-refractivity contribution >= 4 is 109 Å². The fourth-order valence-electron chi connectivity index (χ4n) is 14.0. The monoisotopic (exact) mass is 1790 g/mol. The first-order valence-electron chi connectivity index (χ1n) is 47.6. The van der Waals surface area contributed by atoms with E-state index < -0.39 is 17.1 Å². The Balaban J connectivity index is 0.000000618. The van der Waals surface area contributed by atoms with Gasteiger partial charge < -0.3 is 32.5 Å². The summed E-state index contributed by atoms with van der Waals surface area (Å²) in [5.41, 5.74) is -2.10. The van der Waals surface area contributed by atoms with Crippen LogP contribution in [0.5, 0.6) is 0 Å². The largest absolute Gasteiger partial charge is 0.322 e. The molecule has 16 nitrogen and oxygen atoms in total. The quantitative estimate of drug-likeness (QED) is 0.0254. The summed E-state index contributed by atoms with van der Waals surface area (Å²) < 4.78 is 42.9. The van der Waals surface area contributed by atoms with Crippen LogP contribution in [0.4, 0.5) is 0 Å². The molecule has 0 saturated heterocycles. The average Bonchev–Trinajstić information content (AvgIpc) is 1.65. The molecule has 0 amide bonds. The van der Waals surface area contributed by atoms with Gasteiger partial charge in [0.05, 0.1) is 81.6 Å². The number of para-hydroxylation sites is 1. The fourth-order valence-corrected chi connectivity index (χ4v) is 26.5. The topological polar surface area (TPSA) is 139 Å². The molecule has 4 rings (SSSR count). The molecule has 676 valence electrons. The molecule has 1 N–H and O–H groups in total. The van der Waals surface area contributed by atoms with Crippen molar-refractivity contribution in [1.82, 2.24) is 50.0 Å². The smallest absolute Gasteiger partial charge is 0.248 e. The Morgan fingerprint density at radius 1 is 0.397 bits per heavy atom. The van der Waals surface area contributed by atoms with Crippen LogP contribution in [-0.4, -0.2) is 140 Å². The number of hydrogen-bond donors (Lipinski definition) is 1. The molecule has 0 aliphatic rings. The molecule has 3 unspecified atom stereocenters. The molecule has 0 radical (unpaired) electrons. The molecule has 0 bridgehead atoms. The molecule has 0 saturated carbocycles. The van der Waals surface area contributed by atoms with E-state index in [1.807, 2.05) is 22.9 Å². The van der Waals surface area contributed by atoms with Gasteiger partial charge in [-0.25, -0.2) is 9.36 Å². The van der Waals surface area contributed by atoms with E-state index in [0.29, 0.717) is 70.7 Å². The van der Waals surface area contributed by atoms with Crippen LogP contribution in [0.1, 0.15) is 391 Å². The van der Waals surface area contributed by atoms with E-state index in [9.17, 15) is 0 Å². The van der Waals surface area contributed by atoms with Gasteiger partial charge in [0.1, 0.15) is 11.0 Å². The van der Waals surface area contributed by atoms with Gasteiger partial charge in [0.25, 0.3) is 0 Å². The third kappa shape index (κ3) is 52.7. The predicted octanol–water partition coefficient (Wildman–Crippen LogP) is 29.8. The second-order valence-electron chi connectivity index (χ2n) is 33.4. The van der Waals surface area contributed by atoms with Crippen LogP contribution in [0.15, 0.2) is 42.5 Å². The molecule has 25 heteroatoms. The van der Waals surface area contributed by atoms with E-state index in [0.717, 1.165) is 156 Å². The number of nitrogens with one attached hydrogen (secondary N) is 1. The van der Waals surface area contributed by atoms with E-state index in [1.165, 1.54) is 217 Å². The molecular formula is C91H175N10O6P3S6. The summed E-state index contributed by atoms with van der Waals surface area (Å²) in [5, 5.41) is 22.0. The number of unbranched alkanes of at least 4 members (excludes halogenated alkanes) is 30. The molecule has 2 aromatic carbocycles. The van der Waals surface area contributed by atoms with Crippen molar-refractivity contribution in [3.05, 3.63) is 48.0 Å². The summed E-state index contributed by atoms with van der Waals surface area (Å²) in [5.74, 6) is 3.39. The van der Waals surface area contributed by atoms with Gasteiger partial charge in [-0.15, -0.1) is 10.2 Å². The molecule has 0 aliphatic heterocycles. The summed E-state index contributed by atoms with van der Waals surface area (Å²) in [4.78, 5) is 7.60. The fraction of sp³-hybridized carbons (Fsp3) is 0.868. The SMILES string of the molecule is CCCCCCCCCCC(C)(C)N(CSP(=S)(OCC(CC)CCCC)OCC(CC)CCCCC)Cn1nnc2ccc(CCCC)cc21.CCCCCCCCCCCCCCCCCCN(CCCNCCCN(CSP(=S)(OCCCC)OCCCC)Cn1nnc2ccccc21)CSP(=S)(OCCCC)OCCCC. The molecule has 3 atom stereocenters. The second kappa shape index (κ2) is 71.9. The molecule has 0 aliphatic carbocycles. The first kappa shape index (κ1) is 110. The molecule has 0 spiro atoms. The lowest BCUT2D eigenvalue weighted by Crippen LogP contribution is -2.44. The summed E-state index contributed by atoms with van der Waals surface area (Å²) >= 11 is 23.8. The van der Waals surface area contributed by atoms with Gasteiger partial charge in [0.15, 0.2) is 0 Å². The maximum Gasteiger partial charge on any atom is 0.248 e. The van der Waals surface area contributed by atoms with E-state index in [-0.39, 0.29) is 5.54 Å². The number of nitrogens with zero attached hydrogens (tertiary/aromatic N) is 9. The molecule has 2 aromatic heterocycles. The first-order valence-corrected chi connectivity index (χ1v) is 60.3. The number of aryl methyl sites for hydroxylation is 1. The molecular weight excluding hydrogens is 1610 g/mol. The van der Waals surface area contributed by atoms with Gasteiger partial charge in [-0.05, 0) is 188 Å². The number of rotatable bonds is 82. The first-order chi connectivity index (χ1) is 56.5. The van der Waals surface area contributed by atoms with Crippen molar-refractivity contribution in [2.45, 2.75) is 411 Å². The maximum atomic E-state index is 6.79. The average molecular weight is 1790 g/mol.